The lowest BCUT2D eigenvalue weighted by Crippen LogP contribution is -2.41. The van der Waals surface area contributed by atoms with Crippen LogP contribution in [0.25, 0.3) is 0 Å². The number of nitrogens with one attached hydrogen (secondary N) is 2. The number of amides is 1. The first-order chi connectivity index (χ1) is 6.87. The Morgan fingerprint density at radius 3 is 2.53 bits per heavy atom. The highest BCUT2D eigenvalue weighted by Crippen LogP contribution is 2.21. The maximum Gasteiger partial charge on any atom is 0.391 e. The Kier molecular flexibility index (Phi) is 3.96. The molecule has 0 aromatic rings. The van der Waals surface area contributed by atoms with Gasteiger partial charge in [0, 0.05) is 12.1 Å². The van der Waals surface area contributed by atoms with E-state index in [1.165, 1.54) is 6.92 Å². The predicted octanol–water partition coefficient (Wildman–Crippen LogP) is 1.20. The molecule has 0 bridgehead atoms. The van der Waals surface area contributed by atoms with Crippen molar-refractivity contribution in [2.24, 2.45) is 0 Å². The summed E-state index contributed by atoms with van der Waals surface area (Å²) in [6, 6.07) is -0.479. The zero-order valence-electron chi connectivity index (χ0n) is 8.53. The van der Waals surface area contributed by atoms with Crippen LogP contribution in [0.4, 0.5) is 13.2 Å². The van der Waals surface area contributed by atoms with Gasteiger partial charge in [0.1, 0.15) is 0 Å². The van der Waals surface area contributed by atoms with E-state index >= 15 is 0 Å². The van der Waals surface area contributed by atoms with Crippen LogP contribution in [-0.4, -0.2) is 30.7 Å². The van der Waals surface area contributed by atoms with Crippen molar-refractivity contribution in [3.63, 3.8) is 0 Å². The summed E-state index contributed by atoms with van der Waals surface area (Å²) >= 11 is 0. The van der Waals surface area contributed by atoms with Crippen molar-refractivity contribution in [2.75, 3.05) is 6.54 Å². The van der Waals surface area contributed by atoms with Crippen molar-refractivity contribution >= 4 is 5.91 Å². The number of hydrogen-bond acceptors (Lipinski definition) is 2. The summed E-state index contributed by atoms with van der Waals surface area (Å²) in [7, 11) is 0. The molecule has 0 aromatic carbocycles. The minimum absolute atomic E-state index is 0.104. The maximum absolute atomic E-state index is 11.9. The van der Waals surface area contributed by atoms with Gasteiger partial charge in [-0.05, 0) is 19.8 Å². The molecule has 1 rings (SSSR count). The van der Waals surface area contributed by atoms with Gasteiger partial charge in [0.2, 0.25) is 5.91 Å². The normalized spacial score (nSPS) is 18.7. The molecule has 1 unspecified atom stereocenters. The Hall–Kier alpha value is -0.780. The molecule has 0 heterocycles. The lowest BCUT2D eigenvalue weighted by atomic mass is 10.2. The number of rotatable bonds is 5. The van der Waals surface area contributed by atoms with Crippen LogP contribution >= 0.6 is 0 Å². The van der Waals surface area contributed by atoms with Gasteiger partial charge in [-0.15, -0.1) is 0 Å². The number of hydrogen-bond donors (Lipinski definition) is 2. The molecule has 0 spiro atoms. The lowest BCUT2D eigenvalue weighted by molar-refractivity contribution is -0.141. The minimum Gasteiger partial charge on any atom is -0.352 e. The Bertz CT molecular complexity index is 226. The van der Waals surface area contributed by atoms with E-state index in [0.29, 0.717) is 6.04 Å². The van der Waals surface area contributed by atoms with Crippen LogP contribution in [-0.2, 0) is 4.79 Å². The van der Waals surface area contributed by atoms with Crippen molar-refractivity contribution < 1.29 is 18.0 Å². The highest BCUT2D eigenvalue weighted by atomic mass is 19.4. The number of alkyl halides is 3. The predicted molar refractivity (Wildman–Crippen MR) is 49.3 cm³/mol. The van der Waals surface area contributed by atoms with Crippen LogP contribution in [0.15, 0.2) is 0 Å². The molecule has 1 saturated carbocycles. The molecule has 1 aliphatic rings. The monoisotopic (exact) mass is 224 g/mol. The van der Waals surface area contributed by atoms with Crippen LogP contribution in [0.1, 0.15) is 26.2 Å². The van der Waals surface area contributed by atoms with Crippen molar-refractivity contribution in [1.82, 2.24) is 10.6 Å². The van der Waals surface area contributed by atoms with Gasteiger partial charge in [-0.2, -0.15) is 13.2 Å². The molecule has 1 atom stereocenters. The summed E-state index contributed by atoms with van der Waals surface area (Å²) in [5, 5.41) is 5.23. The molecule has 0 radical (unpaired) electrons. The fourth-order valence-corrected chi connectivity index (χ4v) is 1.25. The average molecular weight is 224 g/mol. The van der Waals surface area contributed by atoms with E-state index in [4.69, 9.17) is 0 Å². The molecule has 0 aliphatic heterocycles. The van der Waals surface area contributed by atoms with Crippen LogP contribution < -0.4 is 10.6 Å². The third-order valence-corrected chi connectivity index (χ3v) is 2.07. The van der Waals surface area contributed by atoms with Gasteiger partial charge in [0.15, 0.2) is 0 Å². The highest BCUT2D eigenvalue weighted by molar-refractivity contribution is 5.78. The first-order valence-electron chi connectivity index (χ1n) is 4.96. The zero-order chi connectivity index (χ0) is 11.5. The zero-order valence-corrected chi connectivity index (χ0v) is 8.53. The molecule has 0 aromatic heterocycles. The Labute approximate surface area is 86.4 Å². The second-order valence-electron chi connectivity index (χ2n) is 3.94. The summed E-state index contributed by atoms with van der Waals surface area (Å²) < 4.78 is 35.7. The van der Waals surface area contributed by atoms with Crippen molar-refractivity contribution in [1.29, 1.82) is 0 Å². The van der Waals surface area contributed by atoms with Crippen LogP contribution in [0.5, 0.6) is 0 Å². The van der Waals surface area contributed by atoms with Gasteiger partial charge >= 0.3 is 6.18 Å². The third-order valence-electron chi connectivity index (χ3n) is 2.07. The van der Waals surface area contributed by atoms with Gasteiger partial charge in [0.25, 0.3) is 0 Å². The summed E-state index contributed by atoms with van der Waals surface area (Å²) in [6.45, 7) is 1.45. The van der Waals surface area contributed by atoms with E-state index in [9.17, 15) is 18.0 Å². The van der Waals surface area contributed by atoms with Crippen LogP contribution in [0.2, 0.25) is 0 Å². The van der Waals surface area contributed by atoms with Crippen LogP contribution in [0.3, 0.4) is 0 Å². The second kappa shape index (κ2) is 4.83. The number of carbonyl (C=O) groups excluding carboxylic acids is 1. The quantitative estimate of drug-likeness (QED) is 0.736. The number of carbonyl (C=O) groups is 1. The standard InChI is InChI=1S/C9H15F3N2O/c1-6(4-9(10,11)12)14-8(15)5-13-7-2-3-7/h6-7,13H,2-5H2,1H3,(H,14,15). The topological polar surface area (TPSA) is 41.1 Å². The Morgan fingerprint density at radius 1 is 1.47 bits per heavy atom. The first-order valence-corrected chi connectivity index (χ1v) is 4.96. The maximum atomic E-state index is 11.9. The van der Waals surface area contributed by atoms with Crippen molar-refractivity contribution in [2.45, 2.75) is 44.4 Å². The van der Waals surface area contributed by atoms with Gasteiger partial charge in [0.05, 0.1) is 13.0 Å². The van der Waals surface area contributed by atoms with Gasteiger partial charge in [-0.1, -0.05) is 0 Å². The molecule has 1 fully saturated rings. The SMILES string of the molecule is CC(CC(F)(F)F)NC(=O)CNC1CC1. The molecule has 2 N–H and O–H groups in total. The molecule has 1 amide bonds. The van der Waals surface area contributed by atoms with Crippen molar-refractivity contribution in [3.8, 4) is 0 Å². The van der Waals surface area contributed by atoms with E-state index in [0.717, 1.165) is 12.8 Å². The van der Waals surface area contributed by atoms with Gasteiger partial charge in [-0.25, -0.2) is 0 Å². The van der Waals surface area contributed by atoms with Gasteiger partial charge < -0.3 is 10.6 Å². The fraction of sp³-hybridized carbons (Fsp3) is 0.889. The number of halogens is 3. The summed E-state index contributed by atoms with van der Waals surface area (Å²) in [6.07, 6.45) is -3.12. The fourth-order valence-electron chi connectivity index (χ4n) is 1.25. The molecule has 15 heavy (non-hydrogen) atoms. The lowest BCUT2D eigenvalue weighted by Gasteiger charge is -2.15. The van der Waals surface area contributed by atoms with E-state index in [2.05, 4.69) is 10.6 Å². The van der Waals surface area contributed by atoms with E-state index in [1.807, 2.05) is 0 Å². The van der Waals surface area contributed by atoms with E-state index in [-0.39, 0.29) is 12.5 Å². The summed E-state index contributed by atoms with van der Waals surface area (Å²) in [5.41, 5.74) is 0. The Morgan fingerprint density at radius 2 is 2.07 bits per heavy atom. The van der Waals surface area contributed by atoms with Crippen LogP contribution in [0, 0.1) is 0 Å². The second-order valence-corrected chi connectivity index (χ2v) is 3.94. The van der Waals surface area contributed by atoms with Gasteiger partial charge in [-0.3, -0.25) is 4.79 Å². The summed E-state index contributed by atoms with van der Waals surface area (Å²) in [4.78, 5) is 11.1. The highest BCUT2D eigenvalue weighted by Gasteiger charge is 2.30. The summed E-state index contributed by atoms with van der Waals surface area (Å²) in [5.74, 6) is -0.376. The molecule has 3 nitrogen and oxygen atoms in total. The molecule has 1 aliphatic carbocycles. The minimum atomic E-state index is -4.23. The molecule has 88 valence electrons. The van der Waals surface area contributed by atoms with E-state index in [1.54, 1.807) is 0 Å². The molecule has 0 saturated heterocycles. The molecular formula is C9H15F3N2O. The first kappa shape index (κ1) is 12.3. The Balaban J connectivity index is 2.12. The molecule has 6 heteroatoms. The van der Waals surface area contributed by atoms with E-state index < -0.39 is 18.6 Å². The smallest absolute Gasteiger partial charge is 0.352 e. The average Bonchev–Trinajstić information content (AvgIpc) is 2.79. The largest absolute Gasteiger partial charge is 0.391 e. The third kappa shape index (κ3) is 6.33. The van der Waals surface area contributed by atoms with Crippen molar-refractivity contribution in [3.05, 3.63) is 0 Å². The molecular weight excluding hydrogens is 209 g/mol.